The van der Waals surface area contributed by atoms with Crippen LogP contribution >= 0.6 is 28.6 Å². The molecule has 7 heteroatoms. The van der Waals surface area contributed by atoms with Gasteiger partial charge >= 0.3 is 0 Å². The Kier molecular flexibility index (Phi) is 5.61. The number of thiol groups is 1. The first-order valence-electron chi connectivity index (χ1n) is 5.11. The van der Waals surface area contributed by atoms with Crippen LogP contribution in [-0.4, -0.2) is 46.6 Å². The van der Waals surface area contributed by atoms with Crippen molar-refractivity contribution in [2.75, 3.05) is 19.8 Å². The zero-order valence-corrected chi connectivity index (χ0v) is 11.9. The highest BCUT2D eigenvalue weighted by molar-refractivity contribution is 9.10. The number of carbonyl (C=O) groups is 1. The van der Waals surface area contributed by atoms with Crippen LogP contribution in [0.15, 0.2) is 27.6 Å². The van der Waals surface area contributed by atoms with E-state index in [0.29, 0.717) is 14.9 Å². The Morgan fingerprint density at radius 3 is 2.33 bits per heavy atom. The molecule has 0 radical (unpaired) electrons. The molecule has 0 bridgehead atoms. The van der Waals surface area contributed by atoms with Gasteiger partial charge < -0.3 is 20.6 Å². The van der Waals surface area contributed by atoms with Crippen molar-refractivity contribution in [3.8, 4) is 0 Å². The summed E-state index contributed by atoms with van der Waals surface area (Å²) in [6.07, 6.45) is 0. The minimum Gasteiger partial charge on any atom is -0.394 e. The average molecular weight is 336 g/mol. The normalized spacial score (nSPS) is 11.4. The quantitative estimate of drug-likeness (QED) is 0.497. The monoisotopic (exact) mass is 335 g/mol. The number of amides is 1. The fraction of sp³-hybridized carbons (Fsp3) is 0.364. The van der Waals surface area contributed by atoms with E-state index in [2.05, 4.69) is 33.9 Å². The highest BCUT2D eigenvalue weighted by atomic mass is 79.9. The van der Waals surface area contributed by atoms with Crippen LogP contribution in [0.2, 0.25) is 0 Å². The molecule has 0 aliphatic heterocycles. The number of rotatable bonds is 5. The summed E-state index contributed by atoms with van der Waals surface area (Å²) < 4.78 is 0.556. The van der Waals surface area contributed by atoms with Crippen LogP contribution in [0.4, 0.5) is 0 Å². The van der Waals surface area contributed by atoms with Gasteiger partial charge in [0.1, 0.15) is 5.54 Å². The van der Waals surface area contributed by atoms with Crippen molar-refractivity contribution in [3.05, 3.63) is 28.2 Å². The summed E-state index contributed by atoms with van der Waals surface area (Å²) in [6.45, 7) is -1.70. The van der Waals surface area contributed by atoms with Gasteiger partial charge in [0.05, 0.1) is 25.4 Å². The average Bonchev–Trinajstić information content (AvgIpc) is 2.38. The number of aliphatic hydroxyl groups excluding tert-OH is 3. The maximum Gasteiger partial charge on any atom is 0.253 e. The molecule has 100 valence electrons. The van der Waals surface area contributed by atoms with Gasteiger partial charge in [-0.05, 0) is 34.1 Å². The molecule has 0 spiro atoms. The zero-order chi connectivity index (χ0) is 13.8. The largest absolute Gasteiger partial charge is 0.394 e. The Labute approximate surface area is 118 Å². The first-order valence-corrected chi connectivity index (χ1v) is 6.35. The molecular weight excluding hydrogens is 322 g/mol. The predicted octanol–water partition coefficient (Wildman–Crippen LogP) is 0.183. The standard InChI is InChI=1S/C11H14BrNO4S/c12-9-2-1-7(18)3-8(9)10(17)13-11(4-14,5-15)6-16/h1-3,14-16,18H,4-6H2,(H,13,17). The first-order chi connectivity index (χ1) is 8.48. The van der Waals surface area contributed by atoms with Gasteiger partial charge in [0.15, 0.2) is 0 Å². The number of hydrogen-bond donors (Lipinski definition) is 5. The van der Waals surface area contributed by atoms with E-state index in [-0.39, 0.29) is 0 Å². The van der Waals surface area contributed by atoms with Crippen LogP contribution < -0.4 is 5.32 Å². The smallest absolute Gasteiger partial charge is 0.253 e. The third-order valence-electron chi connectivity index (χ3n) is 2.48. The van der Waals surface area contributed by atoms with E-state index in [1.54, 1.807) is 18.2 Å². The molecule has 1 aromatic carbocycles. The maximum atomic E-state index is 12.0. The van der Waals surface area contributed by atoms with Crippen LogP contribution in [-0.2, 0) is 0 Å². The molecule has 4 N–H and O–H groups in total. The van der Waals surface area contributed by atoms with E-state index in [1.807, 2.05) is 0 Å². The Balaban J connectivity index is 2.97. The van der Waals surface area contributed by atoms with E-state index in [0.717, 1.165) is 0 Å². The molecule has 18 heavy (non-hydrogen) atoms. The van der Waals surface area contributed by atoms with Crippen molar-refractivity contribution in [1.82, 2.24) is 5.32 Å². The number of carbonyl (C=O) groups excluding carboxylic acids is 1. The highest BCUT2D eigenvalue weighted by Gasteiger charge is 2.30. The number of halogens is 1. The number of benzene rings is 1. The van der Waals surface area contributed by atoms with Crippen molar-refractivity contribution in [2.45, 2.75) is 10.4 Å². The molecule has 5 nitrogen and oxygen atoms in total. The topological polar surface area (TPSA) is 89.8 Å². The highest BCUT2D eigenvalue weighted by Crippen LogP contribution is 2.20. The molecule has 0 fully saturated rings. The van der Waals surface area contributed by atoms with Crippen LogP contribution in [0.1, 0.15) is 10.4 Å². The van der Waals surface area contributed by atoms with Gasteiger partial charge in [-0.15, -0.1) is 12.6 Å². The summed E-state index contributed by atoms with van der Waals surface area (Å²) >= 11 is 7.35. The molecule has 0 atom stereocenters. The second kappa shape index (κ2) is 6.53. The molecule has 0 saturated carbocycles. The van der Waals surface area contributed by atoms with E-state index in [1.165, 1.54) is 0 Å². The maximum absolute atomic E-state index is 12.0. The predicted molar refractivity (Wildman–Crippen MR) is 72.8 cm³/mol. The lowest BCUT2D eigenvalue weighted by atomic mass is 10.0. The Morgan fingerprint density at radius 1 is 1.28 bits per heavy atom. The molecule has 1 rings (SSSR count). The van der Waals surface area contributed by atoms with Crippen LogP contribution in [0.25, 0.3) is 0 Å². The van der Waals surface area contributed by atoms with Crippen molar-refractivity contribution >= 4 is 34.5 Å². The third-order valence-corrected chi connectivity index (χ3v) is 3.45. The lowest BCUT2D eigenvalue weighted by Crippen LogP contribution is -2.57. The van der Waals surface area contributed by atoms with Gasteiger partial charge in [-0.3, -0.25) is 4.79 Å². The van der Waals surface area contributed by atoms with Crippen LogP contribution in [0, 0.1) is 0 Å². The summed E-state index contributed by atoms with van der Waals surface area (Å²) in [7, 11) is 0. The lowest BCUT2D eigenvalue weighted by Gasteiger charge is -2.28. The summed E-state index contributed by atoms with van der Waals surface area (Å²) in [5.41, 5.74) is -1.13. The fourth-order valence-electron chi connectivity index (χ4n) is 1.26. The summed E-state index contributed by atoms with van der Waals surface area (Å²) in [5, 5.41) is 29.8. The second-order valence-electron chi connectivity index (χ2n) is 3.87. The van der Waals surface area contributed by atoms with Crippen LogP contribution in [0.3, 0.4) is 0 Å². The van der Waals surface area contributed by atoms with Crippen molar-refractivity contribution < 1.29 is 20.1 Å². The molecule has 0 aliphatic rings. The van der Waals surface area contributed by atoms with Gasteiger partial charge in [-0.2, -0.15) is 0 Å². The summed E-state index contributed by atoms with van der Waals surface area (Å²) in [5.74, 6) is -0.519. The van der Waals surface area contributed by atoms with Crippen LogP contribution in [0.5, 0.6) is 0 Å². The SMILES string of the molecule is O=C(NC(CO)(CO)CO)c1cc(S)ccc1Br. The zero-order valence-electron chi connectivity index (χ0n) is 9.43. The summed E-state index contributed by atoms with van der Waals surface area (Å²) in [6, 6.07) is 4.91. The molecule has 0 saturated heterocycles. The second-order valence-corrected chi connectivity index (χ2v) is 5.24. The minimum atomic E-state index is -1.44. The third kappa shape index (κ3) is 3.46. The van der Waals surface area contributed by atoms with Crippen molar-refractivity contribution in [2.24, 2.45) is 0 Å². The summed E-state index contributed by atoms with van der Waals surface area (Å²) in [4.78, 5) is 12.6. The molecule has 0 unspecified atom stereocenters. The Morgan fingerprint density at radius 2 is 1.83 bits per heavy atom. The minimum absolute atomic E-state index is 0.308. The van der Waals surface area contributed by atoms with Gasteiger partial charge in [0, 0.05) is 9.37 Å². The fourth-order valence-corrected chi connectivity index (χ4v) is 1.89. The number of nitrogens with one attached hydrogen (secondary N) is 1. The molecule has 0 aliphatic carbocycles. The van der Waals surface area contributed by atoms with E-state index < -0.39 is 31.3 Å². The van der Waals surface area contributed by atoms with E-state index >= 15 is 0 Å². The lowest BCUT2D eigenvalue weighted by molar-refractivity contribution is 0.0375. The van der Waals surface area contributed by atoms with Gasteiger partial charge in [0.2, 0.25) is 0 Å². The van der Waals surface area contributed by atoms with Gasteiger partial charge in [0.25, 0.3) is 5.91 Å². The molecule has 0 heterocycles. The van der Waals surface area contributed by atoms with Crippen molar-refractivity contribution in [3.63, 3.8) is 0 Å². The molecule has 1 aromatic rings. The van der Waals surface area contributed by atoms with Gasteiger partial charge in [-0.1, -0.05) is 0 Å². The van der Waals surface area contributed by atoms with E-state index in [9.17, 15) is 4.79 Å². The van der Waals surface area contributed by atoms with Gasteiger partial charge in [-0.25, -0.2) is 0 Å². The molecule has 1 amide bonds. The number of hydrogen-bond acceptors (Lipinski definition) is 5. The Hall–Kier alpha value is -0.600. The molecule has 0 aromatic heterocycles. The Bertz CT molecular complexity index is 429. The first kappa shape index (κ1) is 15.5. The molecular formula is C11H14BrNO4S. The van der Waals surface area contributed by atoms with Crippen molar-refractivity contribution in [1.29, 1.82) is 0 Å². The number of aliphatic hydroxyl groups is 3. The van der Waals surface area contributed by atoms with E-state index in [4.69, 9.17) is 15.3 Å².